The standard InChI is InChI=1S/C19H23ClN4O2/c20-14-3-1-4-15(11-14)21-19(25)24-8-6-13(7-9-24)16-12-17(23-22-16)18-5-2-10-26-18/h1-5,10-11,13,16-17,22-23H,6-9,12H2,(H,21,25). The number of hydrogen-bond acceptors (Lipinski definition) is 4. The van der Waals surface area contributed by atoms with E-state index in [-0.39, 0.29) is 12.1 Å². The molecule has 2 aliphatic heterocycles. The van der Waals surface area contributed by atoms with Gasteiger partial charge in [0, 0.05) is 29.8 Å². The molecule has 0 bridgehead atoms. The van der Waals surface area contributed by atoms with Crippen molar-refractivity contribution in [1.82, 2.24) is 15.8 Å². The summed E-state index contributed by atoms with van der Waals surface area (Å²) in [5, 5.41) is 3.54. The van der Waals surface area contributed by atoms with Crippen LogP contribution in [-0.2, 0) is 0 Å². The number of carbonyl (C=O) groups is 1. The van der Waals surface area contributed by atoms with Crippen molar-refractivity contribution in [3.63, 3.8) is 0 Å². The average Bonchev–Trinajstić information content (AvgIpc) is 3.33. The van der Waals surface area contributed by atoms with E-state index < -0.39 is 0 Å². The van der Waals surface area contributed by atoms with E-state index in [1.807, 2.05) is 29.2 Å². The number of amides is 2. The third-order valence-electron chi connectivity index (χ3n) is 5.29. The van der Waals surface area contributed by atoms with Crippen molar-refractivity contribution in [1.29, 1.82) is 0 Å². The van der Waals surface area contributed by atoms with Gasteiger partial charge in [-0.05, 0) is 55.5 Å². The minimum absolute atomic E-state index is 0.0586. The fourth-order valence-electron chi connectivity index (χ4n) is 3.84. The number of anilines is 1. The van der Waals surface area contributed by atoms with Gasteiger partial charge in [0.1, 0.15) is 5.76 Å². The Morgan fingerprint density at radius 2 is 2.04 bits per heavy atom. The van der Waals surface area contributed by atoms with E-state index in [4.69, 9.17) is 16.0 Å². The first-order valence-corrected chi connectivity index (χ1v) is 9.43. The molecule has 138 valence electrons. The zero-order valence-corrected chi connectivity index (χ0v) is 15.2. The Kier molecular flexibility index (Phi) is 5.15. The summed E-state index contributed by atoms with van der Waals surface area (Å²) in [6, 6.07) is 11.7. The van der Waals surface area contributed by atoms with Crippen LogP contribution in [0.4, 0.5) is 10.5 Å². The van der Waals surface area contributed by atoms with Crippen molar-refractivity contribution in [2.45, 2.75) is 31.3 Å². The maximum Gasteiger partial charge on any atom is 0.321 e. The Labute approximate surface area is 157 Å². The Bertz CT molecular complexity index is 744. The molecule has 1 aromatic heterocycles. The zero-order chi connectivity index (χ0) is 17.9. The van der Waals surface area contributed by atoms with Crippen LogP contribution < -0.4 is 16.2 Å². The molecule has 2 aromatic rings. The van der Waals surface area contributed by atoms with Crippen LogP contribution in [-0.4, -0.2) is 30.1 Å². The maximum atomic E-state index is 12.4. The number of hydrogen-bond donors (Lipinski definition) is 3. The SMILES string of the molecule is O=C(Nc1cccc(Cl)c1)N1CCC(C2CC(c3ccco3)NN2)CC1. The van der Waals surface area contributed by atoms with Crippen molar-refractivity contribution in [3.05, 3.63) is 53.4 Å². The monoisotopic (exact) mass is 374 g/mol. The fraction of sp³-hybridized carbons (Fsp3) is 0.421. The highest BCUT2D eigenvalue weighted by atomic mass is 35.5. The van der Waals surface area contributed by atoms with Gasteiger partial charge in [-0.1, -0.05) is 17.7 Å². The minimum atomic E-state index is -0.0586. The Morgan fingerprint density at radius 1 is 1.19 bits per heavy atom. The smallest absolute Gasteiger partial charge is 0.321 e. The molecule has 2 unspecified atom stereocenters. The van der Waals surface area contributed by atoms with E-state index in [2.05, 4.69) is 16.2 Å². The Morgan fingerprint density at radius 3 is 2.77 bits per heavy atom. The maximum absolute atomic E-state index is 12.4. The number of nitrogens with one attached hydrogen (secondary N) is 3. The molecular weight excluding hydrogens is 352 g/mol. The summed E-state index contributed by atoms with van der Waals surface area (Å²) in [6.45, 7) is 1.53. The van der Waals surface area contributed by atoms with Gasteiger partial charge in [0.05, 0.1) is 12.3 Å². The van der Waals surface area contributed by atoms with Gasteiger partial charge in [-0.2, -0.15) is 0 Å². The topological polar surface area (TPSA) is 69.5 Å². The highest BCUT2D eigenvalue weighted by molar-refractivity contribution is 6.30. The van der Waals surface area contributed by atoms with Crippen molar-refractivity contribution in [3.8, 4) is 0 Å². The van der Waals surface area contributed by atoms with E-state index in [1.165, 1.54) is 0 Å². The molecule has 1 aromatic carbocycles. The number of rotatable bonds is 3. The predicted molar refractivity (Wildman–Crippen MR) is 101 cm³/mol. The van der Waals surface area contributed by atoms with Crippen molar-refractivity contribution in [2.24, 2.45) is 5.92 Å². The molecule has 2 fully saturated rings. The van der Waals surface area contributed by atoms with E-state index in [0.717, 1.165) is 43.8 Å². The number of piperidine rings is 1. The number of benzene rings is 1. The van der Waals surface area contributed by atoms with Crippen LogP contribution >= 0.6 is 11.6 Å². The zero-order valence-electron chi connectivity index (χ0n) is 14.5. The van der Waals surface area contributed by atoms with Crippen LogP contribution in [0.15, 0.2) is 47.1 Å². The van der Waals surface area contributed by atoms with Crippen molar-refractivity contribution in [2.75, 3.05) is 18.4 Å². The highest BCUT2D eigenvalue weighted by Gasteiger charge is 2.34. The van der Waals surface area contributed by atoms with Crippen molar-refractivity contribution >= 4 is 23.3 Å². The van der Waals surface area contributed by atoms with Gasteiger partial charge in [0.15, 0.2) is 0 Å². The summed E-state index contributed by atoms with van der Waals surface area (Å²) in [5.74, 6) is 1.52. The molecule has 6 nitrogen and oxygen atoms in total. The first kappa shape index (κ1) is 17.4. The summed E-state index contributed by atoms with van der Waals surface area (Å²) in [5.41, 5.74) is 7.47. The van der Waals surface area contributed by atoms with Gasteiger partial charge < -0.3 is 14.6 Å². The summed E-state index contributed by atoms with van der Waals surface area (Å²) >= 11 is 5.97. The van der Waals surface area contributed by atoms with Gasteiger partial charge in [-0.15, -0.1) is 0 Å². The normalized spacial score (nSPS) is 24.0. The second-order valence-corrected chi connectivity index (χ2v) is 7.40. The lowest BCUT2D eigenvalue weighted by atomic mass is 9.87. The summed E-state index contributed by atoms with van der Waals surface area (Å²) < 4.78 is 5.49. The minimum Gasteiger partial charge on any atom is -0.468 e. The van der Waals surface area contributed by atoms with E-state index in [0.29, 0.717) is 17.0 Å². The number of halogens is 1. The molecule has 7 heteroatoms. The largest absolute Gasteiger partial charge is 0.468 e. The van der Waals surface area contributed by atoms with E-state index in [9.17, 15) is 4.79 Å². The number of hydrazine groups is 1. The average molecular weight is 375 g/mol. The quantitative estimate of drug-likeness (QED) is 0.764. The summed E-state index contributed by atoms with van der Waals surface area (Å²) in [4.78, 5) is 14.3. The lowest BCUT2D eigenvalue weighted by molar-refractivity contribution is 0.169. The molecule has 3 N–H and O–H groups in total. The van der Waals surface area contributed by atoms with Crippen LogP contribution in [0.1, 0.15) is 31.1 Å². The van der Waals surface area contributed by atoms with Crippen LogP contribution in [0.5, 0.6) is 0 Å². The molecule has 2 amide bonds. The molecular formula is C19H23ClN4O2. The van der Waals surface area contributed by atoms with Gasteiger partial charge >= 0.3 is 6.03 Å². The Hall–Kier alpha value is -2.02. The molecule has 0 aliphatic carbocycles. The van der Waals surface area contributed by atoms with Crippen LogP contribution in [0.25, 0.3) is 0 Å². The molecule has 2 atom stereocenters. The lowest BCUT2D eigenvalue weighted by Gasteiger charge is -2.34. The van der Waals surface area contributed by atoms with E-state index in [1.54, 1.807) is 18.4 Å². The second-order valence-electron chi connectivity index (χ2n) is 6.96. The summed E-state index contributed by atoms with van der Waals surface area (Å²) in [6.07, 6.45) is 4.70. The Balaban J connectivity index is 1.27. The molecule has 0 radical (unpaired) electrons. The predicted octanol–water partition coefficient (Wildman–Crippen LogP) is 3.78. The van der Waals surface area contributed by atoms with Gasteiger partial charge in [0.25, 0.3) is 0 Å². The van der Waals surface area contributed by atoms with Crippen LogP contribution in [0, 0.1) is 5.92 Å². The number of likely N-dealkylation sites (tertiary alicyclic amines) is 1. The molecule has 4 rings (SSSR count). The first-order chi connectivity index (χ1) is 12.7. The fourth-order valence-corrected chi connectivity index (χ4v) is 4.03. The third kappa shape index (κ3) is 3.87. The molecule has 0 spiro atoms. The molecule has 2 saturated heterocycles. The molecule has 26 heavy (non-hydrogen) atoms. The second kappa shape index (κ2) is 7.70. The number of urea groups is 1. The molecule has 0 saturated carbocycles. The van der Waals surface area contributed by atoms with Gasteiger partial charge in [-0.3, -0.25) is 5.43 Å². The van der Waals surface area contributed by atoms with Gasteiger partial charge in [0.2, 0.25) is 0 Å². The van der Waals surface area contributed by atoms with Crippen molar-refractivity contribution < 1.29 is 9.21 Å². The van der Waals surface area contributed by atoms with Crippen LogP contribution in [0.2, 0.25) is 5.02 Å². The molecule has 2 aliphatic rings. The number of carbonyl (C=O) groups excluding carboxylic acids is 1. The third-order valence-corrected chi connectivity index (χ3v) is 5.53. The van der Waals surface area contributed by atoms with Crippen LogP contribution in [0.3, 0.4) is 0 Å². The highest BCUT2D eigenvalue weighted by Crippen LogP contribution is 2.31. The summed E-state index contributed by atoms with van der Waals surface area (Å²) in [7, 11) is 0. The molecule has 3 heterocycles. The van der Waals surface area contributed by atoms with Gasteiger partial charge in [-0.25, -0.2) is 10.2 Å². The number of nitrogens with zero attached hydrogens (tertiary/aromatic N) is 1. The lowest BCUT2D eigenvalue weighted by Crippen LogP contribution is -2.45. The van der Waals surface area contributed by atoms with E-state index >= 15 is 0 Å². The first-order valence-electron chi connectivity index (χ1n) is 9.05. The number of furan rings is 1.